The average Bonchev–Trinajstić information content (AvgIpc) is 2.81. The molecule has 7 heteroatoms. The second-order valence-electron chi connectivity index (χ2n) is 6.60. The van der Waals surface area contributed by atoms with E-state index in [2.05, 4.69) is 13.8 Å². The van der Waals surface area contributed by atoms with Crippen molar-refractivity contribution < 1.29 is 19.5 Å². The van der Waals surface area contributed by atoms with Crippen LogP contribution in [0.25, 0.3) is 0 Å². The first-order valence-electron chi connectivity index (χ1n) is 8.81. The van der Waals surface area contributed by atoms with Crippen LogP contribution in [-0.2, 0) is 14.4 Å². The van der Waals surface area contributed by atoms with E-state index in [-0.39, 0.29) is 24.0 Å². The summed E-state index contributed by atoms with van der Waals surface area (Å²) < 4.78 is 0. The van der Waals surface area contributed by atoms with Crippen LogP contribution in [-0.4, -0.2) is 51.4 Å². The van der Waals surface area contributed by atoms with Crippen LogP contribution in [0.15, 0.2) is 0 Å². The summed E-state index contributed by atoms with van der Waals surface area (Å²) in [5.41, 5.74) is 5.45. The molecule has 1 aliphatic heterocycles. The standard InChI is InChI=1S/C17H30N2O4S/c1-3-4-5-6-7-12(2)8-9-19-15(20)10-14(16(19)21)24-11-13(18)17(22)23/h12-14H,3-11,18H2,1-2H3,(H,22,23). The summed E-state index contributed by atoms with van der Waals surface area (Å²) in [4.78, 5) is 36.4. The number of carboxylic acids is 1. The van der Waals surface area contributed by atoms with Gasteiger partial charge in [0.1, 0.15) is 6.04 Å². The molecule has 0 aliphatic carbocycles. The Kier molecular flexibility index (Phi) is 9.36. The molecular weight excluding hydrogens is 328 g/mol. The highest BCUT2D eigenvalue weighted by Crippen LogP contribution is 2.26. The van der Waals surface area contributed by atoms with Gasteiger partial charge >= 0.3 is 5.97 Å². The Morgan fingerprint density at radius 1 is 1.33 bits per heavy atom. The van der Waals surface area contributed by atoms with Crippen LogP contribution >= 0.6 is 11.8 Å². The molecule has 1 saturated heterocycles. The fourth-order valence-corrected chi connectivity index (χ4v) is 3.83. The Morgan fingerprint density at radius 3 is 2.67 bits per heavy atom. The van der Waals surface area contributed by atoms with Crippen molar-refractivity contribution in [2.24, 2.45) is 11.7 Å². The number of rotatable bonds is 12. The number of imide groups is 1. The molecule has 0 aromatic rings. The largest absolute Gasteiger partial charge is 0.480 e. The van der Waals surface area contributed by atoms with Crippen LogP contribution in [0.3, 0.4) is 0 Å². The lowest BCUT2D eigenvalue weighted by molar-refractivity contribution is -0.139. The van der Waals surface area contributed by atoms with Gasteiger partial charge in [-0.2, -0.15) is 0 Å². The number of nitrogens with two attached hydrogens (primary N) is 1. The minimum absolute atomic E-state index is 0.140. The highest BCUT2D eigenvalue weighted by Gasteiger charge is 2.38. The fraction of sp³-hybridized carbons (Fsp3) is 0.824. The molecule has 0 saturated carbocycles. The lowest BCUT2D eigenvalue weighted by Gasteiger charge is -2.18. The zero-order chi connectivity index (χ0) is 18.1. The van der Waals surface area contributed by atoms with E-state index in [0.29, 0.717) is 12.5 Å². The van der Waals surface area contributed by atoms with E-state index in [9.17, 15) is 14.4 Å². The second-order valence-corrected chi connectivity index (χ2v) is 7.83. The van der Waals surface area contributed by atoms with E-state index in [0.717, 1.165) is 12.8 Å². The van der Waals surface area contributed by atoms with Crippen LogP contribution in [0.1, 0.15) is 58.8 Å². The highest BCUT2D eigenvalue weighted by molar-refractivity contribution is 8.00. The molecule has 3 unspecified atom stereocenters. The Balaban J connectivity index is 2.34. The van der Waals surface area contributed by atoms with E-state index >= 15 is 0 Å². The maximum Gasteiger partial charge on any atom is 0.321 e. The van der Waals surface area contributed by atoms with Gasteiger partial charge in [0, 0.05) is 18.7 Å². The van der Waals surface area contributed by atoms with E-state index in [1.54, 1.807) is 0 Å². The molecule has 0 aromatic heterocycles. The van der Waals surface area contributed by atoms with Crippen molar-refractivity contribution in [1.82, 2.24) is 4.90 Å². The van der Waals surface area contributed by atoms with Crippen LogP contribution in [0, 0.1) is 5.92 Å². The van der Waals surface area contributed by atoms with Gasteiger partial charge in [0.25, 0.3) is 0 Å². The molecule has 2 amide bonds. The number of carboxylic acid groups (broad SMARTS) is 1. The van der Waals surface area contributed by atoms with E-state index in [4.69, 9.17) is 10.8 Å². The Hall–Kier alpha value is -1.08. The number of thioether (sulfide) groups is 1. The van der Waals surface area contributed by atoms with Crippen molar-refractivity contribution in [3.05, 3.63) is 0 Å². The molecule has 0 aromatic carbocycles. The van der Waals surface area contributed by atoms with Crippen LogP contribution in [0.4, 0.5) is 0 Å². The quantitative estimate of drug-likeness (QED) is 0.410. The molecule has 3 atom stereocenters. The first-order valence-corrected chi connectivity index (χ1v) is 9.85. The molecule has 24 heavy (non-hydrogen) atoms. The molecule has 1 fully saturated rings. The molecule has 0 spiro atoms. The number of hydrogen-bond acceptors (Lipinski definition) is 5. The van der Waals surface area contributed by atoms with Gasteiger partial charge in [0.05, 0.1) is 5.25 Å². The summed E-state index contributed by atoms with van der Waals surface area (Å²) in [6.07, 6.45) is 7.02. The maximum absolute atomic E-state index is 12.3. The normalized spacial score (nSPS) is 20.5. The highest BCUT2D eigenvalue weighted by atomic mass is 32.2. The molecule has 0 radical (unpaired) electrons. The number of carbonyl (C=O) groups is 3. The second kappa shape index (κ2) is 10.7. The van der Waals surface area contributed by atoms with Crippen LogP contribution in [0.2, 0.25) is 0 Å². The van der Waals surface area contributed by atoms with Crippen molar-refractivity contribution in [3.63, 3.8) is 0 Å². The summed E-state index contributed by atoms with van der Waals surface area (Å²) in [6, 6.07) is -1.00. The van der Waals surface area contributed by atoms with Crippen LogP contribution in [0.5, 0.6) is 0 Å². The number of nitrogens with zero attached hydrogens (tertiary/aromatic N) is 1. The molecule has 1 rings (SSSR count). The number of aliphatic carboxylic acids is 1. The number of unbranched alkanes of at least 4 members (excludes halogenated alkanes) is 3. The summed E-state index contributed by atoms with van der Waals surface area (Å²) in [5.74, 6) is -0.802. The molecule has 6 nitrogen and oxygen atoms in total. The summed E-state index contributed by atoms with van der Waals surface area (Å²) in [6.45, 7) is 4.82. The van der Waals surface area contributed by atoms with Gasteiger partial charge in [-0.25, -0.2) is 0 Å². The Labute approximate surface area is 148 Å². The third-order valence-electron chi connectivity index (χ3n) is 4.39. The van der Waals surface area contributed by atoms with Gasteiger partial charge in [0.2, 0.25) is 11.8 Å². The van der Waals surface area contributed by atoms with Crippen molar-refractivity contribution in [2.45, 2.75) is 70.1 Å². The van der Waals surface area contributed by atoms with Crippen LogP contribution < -0.4 is 5.73 Å². The lowest BCUT2D eigenvalue weighted by atomic mass is 9.99. The number of carbonyl (C=O) groups excluding carboxylic acids is 2. The SMILES string of the molecule is CCCCCCC(C)CCN1C(=O)CC(SCC(N)C(=O)O)C1=O. The number of amides is 2. The first-order chi connectivity index (χ1) is 11.4. The molecule has 138 valence electrons. The average molecular weight is 359 g/mol. The van der Waals surface area contributed by atoms with Crippen molar-refractivity contribution in [1.29, 1.82) is 0 Å². The zero-order valence-corrected chi connectivity index (χ0v) is 15.5. The molecule has 1 heterocycles. The molecule has 1 aliphatic rings. The van der Waals surface area contributed by atoms with Gasteiger partial charge in [-0.05, 0) is 12.3 Å². The third kappa shape index (κ3) is 6.81. The molecule has 0 bridgehead atoms. The Bertz CT molecular complexity index is 444. The third-order valence-corrected chi connectivity index (χ3v) is 5.71. The minimum Gasteiger partial charge on any atom is -0.480 e. The predicted octanol–water partition coefficient (Wildman–Crippen LogP) is 2.26. The first kappa shape index (κ1) is 21.0. The topological polar surface area (TPSA) is 101 Å². The van der Waals surface area contributed by atoms with Gasteiger partial charge in [-0.1, -0.05) is 46.0 Å². The van der Waals surface area contributed by atoms with Gasteiger partial charge < -0.3 is 10.8 Å². The minimum atomic E-state index is -1.09. The van der Waals surface area contributed by atoms with Gasteiger partial charge in [0.15, 0.2) is 0 Å². The monoisotopic (exact) mass is 358 g/mol. The molecular formula is C17H30N2O4S. The van der Waals surface area contributed by atoms with Crippen molar-refractivity contribution in [3.8, 4) is 0 Å². The molecule has 3 N–H and O–H groups in total. The van der Waals surface area contributed by atoms with E-state index < -0.39 is 17.3 Å². The van der Waals surface area contributed by atoms with Gasteiger partial charge in [-0.3, -0.25) is 19.3 Å². The van der Waals surface area contributed by atoms with Gasteiger partial charge in [-0.15, -0.1) is 11.8 Å². The Morgan fingerprint density at radius 2 is 2.04 bits per heavy atom. The zero-order valence-electron chi connectivity index (χ0n) is 14.7. The lowest BCUT2D eigenvalue weighted by Crippen LogP contribution is -2.35. The summed E-state index contributed by atoms with van der Waals surface area (Å²) >= 11 is 1.17. The smallest absolute Gasteiger partial charge is 0.321 e. The van der Waals surface area contributed by atoms with E-state index in [1.165, 1.54) is 42.3 Å². The predicted molar refractivity (Wildman–Crippen MR) is 95.7 cm³/mol. The summed E-state index contributed by atoms with van der Waals surface area (Å²) in [5, 5.41) is 8.29. The summed E-state index contributed by atoms with van der Waals surface area (Å²) in [7, 11) is 0. The van der Waals surface area contributed by atoms with Crippen molar-refractivity contribution in [2.75, 3.05) is 12.3 Å². The van der Waals surface area contributed by atoms with Crippen molar-refractivity contribution >= 4 is 29.5 Å². The fourth-order valence-electron chi connectivity index (χ4n) is 2.72. The number of likely N-dealkylation sites (tertiary alicyclic amines) is 1. The number of hydrogen-bond donors (Lipinski definition) is 2. The van der Waals surface area contributed by atoms with E-state index in [1.807, 2.05) is 0 Å². The maximum atomic E-state index is 12.3.